The number of rotatable bonds is 7. The molecule has 0 unspecified atom stereocenters. The molecule has 7 heteroatoms. The van der Waals surface area contributed by atoms with E-state index in [0.29, 0.717) is 22.2 Å². The zero-order chi connectivity index (χ0) is 20.1. The Labute approximate surface area is 167 Å². The van der Waals surface area contributed by atoms with E-state index >= 15 is 0 Å². The van der Waals surface area contributed by atoms with Gasteiger partial charge in [-0.3, -0.25) is 9.36 Å². The molecule has 1 heterocycles. The Hall–Kier alpha value is -2.77. The van der Waals surface area contributed by atoms with Crippen molar-refractivity contribution in [1.82, 2.24) is 9.55 Å². The molecule has 0 radical (unpaired) electrons. The molecule has 0 bridgehead atoms. The van der Waals surface area contributed by atoms with Gasteiger partial charge >= 0.3 is 0 Å². The maximum Gasteiger partial charge on any atom is 0.287 e. The number of nitrogens with zero attached hydrogens (tertiary/aromatic N) is 2. The second-order valence-corrected chi connectivity index (χ2v) is 7.82. The van der Waals surface area contributed by atoms with Gasteiger partial charge in [0.15, 0.2) is 16.5 Å². The smallest absolute Gasteiger partial charge is 0.287 e. The molecule has 0 amide bonds. The summed E-state index contributed by atoms with van der Waals surface area (Å²) in [5, 5.41) is 10.2. The third kappa shape index (κ3) is 4.94. The molecule has 0 aliphatic carbocycles. The van der Waals surface area contributed by atoms with Crippen molar-refractivity contribution in [3.8, 4) is 17.2 Å². The molecule has 3 aromatic rings. The number of aliphatic hydroxyl groups is 1. The lowest BCUT2D eigenvalue weighted by Gasteiger charge is -2.19. The van der Waals surface area contributed by atoms with Crippen LogP contribution in [0.5, 0.6) is 11.5 Å². The molecule has 0 fully saturated rings. The summed E-state index contributed by atoms with van der Waals surface area (Å²) in [6.07, 6.45) is 3.21. The summed E-state index contributed by atoms with van der Waals surface area (Å²) in [5.41, 5.74) is -0.548. The number of benzene rings is 2. The summed E-state index contributed by atoms with van der Waals surface area (Å²) in [5.74, 6) is 0.970. The predicted octanol–water partition coefficient (Wildman–Crippen LogP) is 3.54. The second kappa shape index (κ2) is 8.50. The van der Waals surface area contributed by atoms with Crippen LogP contribution in [-0.2, 0) is 0 Å². The van der Waals surface area contributed by atoms with Crippen molar-refractivity contribution in [2.75, 3.05) is 13.7 Å². The molecule has 3 rings (SSSR count). The maximum atomic E-state index is 12.9. The van der Waals surface area contributed by atoms with Gasteiger partial charge in [-0.25, -0.2) is 4.98 Å². The highest BCUT2D eigenvalue weighted by Gasteiger charge is 2.16. The minimum absolute atomic E-state index is 0.121. The lowest BCUT2D eigenvalue weighted by atomic mass is 10.2. The molecule has 146 valence electrons. The fourth-order valence-corrected chi connectivity index (χ4v) is 3.26. The minimum atomic E-state index is -0.963. The van der Waals surface area contributed by atoms with Crippen molar-refractivity contribution in [3.05, 3.63) is 71.3 Å². The minimum Gasteiger partial charge on any atom is -0.493 e. The van der Waals surface area contributed by atoms with Crippen molar-refractivity contribution in [2.45, 2.75) is 29.4 Å². The first-order valence-electron chi connectivity index (χ1n) is 8.71. The first kappa shape index (κ1) is 20.0. The largest absolute Gasteiger partial charge is 0.493 e. The molecule has 0 saturated carbocycles. The second-order valence-electron chi connectivity index (χ2n) is 6.76. The molecular formula is C21H22N2O4S. The molecule has 0 spiro atoms. The molecule has 0 aliphatic heterocycles. The van der Waals surface area contributed by atoms with Gasteiger partial charge in [0.25, 0.3) is 5.56 Å². The van der Waals surface area contributed by atoms with Gasteiger partial charge in [0.2, 0.25) is 0 Å². The van der Waals surface area contributed by atoms with E-state index in [9.17, 15) is 9.90 Å². The SMILES string of the molecule is COc1cc(-n2ccnc(Sc3ccccc3)c2=O)ccc1OCC(C)(C)O. The van der Waals surface area contributed by atoms with Crippen molar-refractivity contribution in [2.24, 2.45) is 0 Å². The van der Waals surface area contributed by atoms with Gasteiger partial charge in [-0.2, -0.15) is 0 Å². The number of ether oxygens (including phenoxy) is 2. The third-order valence-corrected chi connectivity index (χ3v) is 4.75. The van der Waals surface area contributed by atoms with Crippen LogP contribution in [0.25, 0.3) is 5.69 Å². The highest BCUT2D eigenvalue weighted by Crippen LogP contribution is 2.30. The van der Waals surface area contributed by atoms with Crippen LogP contribution in [0.4, 0.5) is 0 Å². The summed E-state index contributed by atoms with van der Waals surface area (Å²) >= 11 is 1.32. The Kier molecular flexibility index (Phi) is 6.06. The van der Waals surface area contributed by atoms with Crippen molar-refractivity contribution in [1.29, 1.82) is 0 Å². The Morgan fingerprint density at radius 2 is 1.89 bits per heavy atom. The summed E-state index contributed by atoms with van der Waals surface area (Å²) in [6.45, 7) is 3.45. The fourth-order valence-electron chi connectivity index (χ4n) is 2.45. The molecule has 0 atom stereocenters. The number of aromatic nitrogens is 2. The lowest BCUT2D eigenvalue weighted by Crippen LogP contribution is -2.28. The van der Waals surface area contributed by atoms with Gasteiger partial charge in [-0.15, -0.1) is 0 Å². The average Bonchev–Trinajstić information content (AvgIpc) is 2.68. The van der Waals surface area contributed by atoms with E-state index in [2.05, 4.69) is 4.98 Å². The standard InChI is InChI=1S/C21H22N2O4S/c1-21(2,25)14-27-17-10-9-15(13-18(17)26-3)23-12-11-22-19(20(23)24)28-16-7-5-4-6-8-16/h4-13,25H,14H2,1-3H3. The number of hydrogen-bond acceptors (Lipinski definition) is 6. The molecule has 1 aromatic heterocycles. The van der Waals surface area contributed by atoms with Crippen LogP contribution in [0.15, 0.2) is 75.6 Å². The van der Waals surface area contributed by atoms with Gasteiger partial charge in [-0.1, -0.05) is 30.0 Å². The summed E-state index contributed by atoms with van der Waals surface area (Å²) in [7, 11) is 1.53. The van der Waals surface area contributed by atoms with E-state index in [0.717, 1.165) is 4.90 Å². The van der Waals surface area contributed by atoms with Crippen molar-refractivity contribution < 1.29 is 14.6 Å². The Morgan fingerprint density at radius 3 is 2.57 bits per heavy atom. The first-order valence-corrected chi connectivity index (χ1v) is 9.53. The maximum absolute atomic E-state index is 12.9. The molecule has 0 aliphatic rings. The molecule has 1 N–H and O–H groups in total. The summed E-state index contributed by atoms with van der Waals surface area (Å²) in [4.78, 5) is 18.1. The van der Waals surface area contributed by atoms with E-state index in [4.69, 9.17) is 9.47 Å². The van der Waals surface area contributed by atoms with E-state index < -0.39 is 5.60 Å². The number of hydrogen-bond donors (Lipinski definition) is 1. The Morgan fingerprint density at radius 1 is 1.14 bits per heavy atom. The topological polar surface area (TPSA) is 73.6 Å². The third-order valence-electron chi connectivity index (χ3n) is 3.77. The fraction of sp³-hybridized carbons (Fsp3) is 0.238. The molecular weight excluding hydrogens is 376 g/mol. The zero-order valence-corrected chi connectivity index (χ0v) is 16.8. The van der Waals surface area contributed by atoms with Crippen LogP contribution in [0.2, 0.25) is 0 Å². The highest BCUT2D eigenvalue weighted by atomic mass is 32.2. The first-order chi connectivity index (χ1) is 13.4. The molecule has 28 heavy (non-hydrogen) atoms. The van der Waals surface area contributed by atoms with Crippen LogP contribution >= 0.6 is 11.8 Å². The zero-order valence-electron chi connectivity index (χ0n) is 16.0. The van der Waals surface area contributed by atoms with E-state index in [1.165, 1.54) is 23.4 Å². The van der Waals surface area contributed by atoms with Gasteiger partial charge < -0.3 is 14.6 Å². The number of methoxy groups -OCH3 is 1. The molecule has 2 aromatic carbocycles. The summed E-state index contributed by atoms with van der Waals surface area (Å²) in [6, 6.07) is 14.8. The van der Waals surface area contributed by atoms with E-state index in [-0.39, 0.29) is 12.2 Å². The van der Waals surface area contributed by atoms with Crippen molar-refractivity contribution >= 4 is 11.8 Å². The average molecular weight is 398 g/mol. The Bertz CT molecular complexity index is 997. The van der Waals surface area contributed by atoms with Gasteiger partial charge in [0, 0.05) is 23.4 Å². The van der Waals surface area contributed by atoms with Gasteiger partial charge in [-0.05, 0) is 38.1 Å². The van der Waals surface area contributed by atoms with Gasteiger partial charge in [0.1, 0.15) is 6.61 Å². The summed E-state index contributed by atoms with van der Waals surface area (Å²) < 4.78 is 12.5. The van der Waals surface area contributed by atoms with Crippen LogP contribution in [0, 0.1) is 0 Å². The quantitative estimate of drug-likeness (QED) is 0.656. The van der Waals surface area contributed by atoms with Crippen LogP contribution < -0.4 is 15.0 Å². The van der Waals surface area contributed by atoms with Crippen LogP contribution in [0.3, 0.4) is 0 Å². The molecule has 0 saturated heterocycles. The normalized spacial score (nSPS) is 11.3. The van der Waals surface area contributed by atoms with Crippen LogP contribution in [0.1, 0.15) is 13.8 Å². The van der Waals surface area contributed by atoms with E-state index in [1.54, 1.807) is 44.4 Å². The Balaban J connectivity index is 1.91. The molecule has 6 nitrogen and oxygen atoms in total. The van der Waals surface area contributed by atoms with Gasteiger partial charge in [0.05, 0.1) is 18.4 Å². The highest BCUT2D eigenvalue weighted by molar-refractivity contribution is 7.99. The predicted molar refractivity (Wildman–Crippen MR) is 109 cm³/mol. The van der Waals surface area contributed by atoms with Crippen LogP contribution in [-0.4, -0.2) is 34.0 Å². The lowest BCUT2D eigenvalue weighted by molar-refractivity contribution is 0.0276. The monoisotopic (exact) mass is 398 g/mol. The van der Waals surface area contributed by atoms with Crippen molar-refractivity contribution in [3.63, 3.8) is 0 Å². The van der Waals surface area contributed by atoms with E-state index in [1.807, 2.05) is 30.3 Å².